The number of ketones is 1. The van der Waals surface area contributed by atoms with E-state index in [1.807, 2.05) is 0 Å². The number of rotatable bonds is 1. The zero-order valence-corrected chi connectivity index (χ0v) is 10.0. The summed E-state index contributed by atoms with van der Waals surface area (Å²) in [6, 6.07) is 5.44. The fourth-order valence-corrected chi connectivity index (χ4v) is 1.92. The van der Waals surface area contributed by atoms with Crippen molar-refractivity contribution in [2.24, 2.45) is 0 Å². The van der Waals surface area contributed by atoms with Crippen LogP contribution in [0.2, 0.25) is 0 Å². The van der Waals surface area contributed by atoms with Crippen LogP contribution in [0, 0.1) is 5.82 Å². The topological polar surface area (TPSA) is 46.5 Å². The number of hydrogen-bond donors (Lipinski definition) is 1. The van der Waals surface area contributed by atoms with E-state index in [-0.39, 0.29) is 16.1 Å². The minimum absolute atomic E-state index is 0.266. The fourth-order valence-electron chi connectivity index (χ4n) is 1.34. The zero-order valence-electron chi connectivity index (χ0n) is 7.61. The van der Waals surface area contributed by atoms with E-state index in [1.165, 1.54) is 24.3 Å². The third-order valence-electron chi connectivity index (χ3n) is 2.12. The van der Waals surface area contributed by atoms with Gasteiger partial charge in [-0.05, 0) is 0 Å². The van der Waals surface area contributed by atoms with Crippen molar-refractivity contribution in [2.75, 3.05) is 0 Å². The van der Waals surface area contributed by atoms with E-state index in [2.05, 4.69) is 0 Å². The molecule has 15 heavy (non-hydrogen) atoms. The van der Waals surface area contributed by atoms with E-state index < -0.39 is 11.9 Å². The van der Waals surface area contributed by atoms with Gasteiger partial charge in [0, 0.05) is 0 Å². The second kappa shape index (κ2) is 3.70. The summed E-state index contributed by atoms with van der Waals surface area (Å²) in [7, 11) is 0. The summed E-state index contributed by atoms with van der Waals surface area (Å²) in [5.74, 6) is -1.17. The number of benzene rings is 1. The third kappa shape index (κ3) is 1.77. The van der Waals surface area contributed by atoms with Crippen molar-refractivity contribution in [3.8, 4) is 0 Å². The van der Waals surface area contributed by atoms with Crippen molar-refractivity contribution in [3.63, 3.8) is 0 Å². The number of carbonyl (C=O) groups is 1. The SMILES string of the molecule is O=C1C(O)=C([AsH2])OC1c1ccc(F)cc1. The summed E-state index contributed by atoms with van der Waals surface area (Å²) in [5, 5.41) is 9.30. The molecule has 2 atom stereocenters. The van der Waals surface area contributed by atoms with E-state index in [1.54, 1.807) is 0 Å². The minimum atomic E-state index is -0.826. The molecule has 78 valence electrons. The maximum atomic E-state index is 12.6. The molecule has 1 aliphatic rings. The molecule has 0 fully saturated rings. The van der Waals surface area contributed by atoms with Crippen molar-refractivity contribution in [1.82, 2.24) is 0 Å². The first-order chi connectivity index (χ1) is 7.09. The predicted molar refractivity (Wildman–Crippen MR) is 53.4 cm³/mol. The Morgan fingerprint density at radius 3 is 2.40 bits per heavy atom. The van der Waals surface area contributed by atoms with Crippen molar-refractivity contribution in [3.05, 3.63) is 46.0 Å². The Morgan fingerprint density at radius 2 is 1.93 bits per heavy atom. The quantitative estimate of drug-likeness (QED) is 0.769. The molecular formula is C10H8AsFO3. The Labute approximate surface area is 94.1 Å². The molecule has 0 aliphatic carbocycles. The van der Waals surface area contributed by atoms with Gasteiger partial charge in [-0.2, -0.15) is 0 Å². The van der Waals surface area contributed by atoms with Gasteiger partial charge in [0.05, 0.1) is 0 Å². The van der Waals surface area contributed by atoms with Crippen LogP contribution in [0.5, 0.6) is 0 Å². The summed E-state index contributed by atoms with van der Waals surface area (Å²) >= 11 is 1.04. The average Bonchev–Trinajstić information content (AvgIpc) is 2.47. The van der Waals surface area contributed by atoms with Gasteiger partial charge in [0.15, 0.2) is 0 Å². The molecule has 1 N–H and O–H groups in total. The summed E-state index contributed by atoms with van der Waals surface area (Å²) in [5.41, 5.74) is 0.542. The molecule has 1 heterocycles. The number of hydrogen-bond acceptors (Lipinski definition) is 3. The Kier molecular flexibility index (Phi) is 2.53. The predicted octanol–water partition coefficient (Wildman–Crippen LogP) is 0.826. The molecule has 0 saturated carbocycles. The van der Waals surface area contributed by atoms with E-state index in [0.717, 1.165) is 16.9 Å². The molecule has 0 aromatic heterocycles. The van der Waals surface area contributed by atoms with E-state index >= 15 is 0 Å². The van der Waals surface area contributed by atoms with Gasteiger partial charge in [-0.25, -0.2) is 0 Å². The Morgan fingerprint density at radius 1 is 1.33 bits per heavy atom. The number of ether oxygens (including phenoxy) is 1. The van der Waals surface area contributed by atoms with E-state index in [0.29, 0.717) is 5.56 Å². The standard InChI is InChI=1S/C10H8AsFO3/c11-10-8(14)7(13)9(15-10)5-1-3-6(12)4-2-5/h1-4,9,14H,11H2. The molecule has 0 spiro atoms. The molecule has 0 saturated heterocycles. The summed E-state index contributed by atoms with van der Waals surface area (Å²) < 4.78 is 18.1. The molecule has 1 aromatic rings. The van der Waals surface area contributed by atoms with Gasteiger partial charge < -0.3 is 0 Å². The first-order valence-corrected chi connectivity index (χ1v) is 5.46. The Bertz CT molecular complexity index is 438. The molecule has 5 heteroatoms. The number of carbonyl (C=O) groups excluding carboxylic acids is 1. The third-order valence-corrected chi connectivity index (χ3v) is 2.98. The van der Waals surface area contributed by atoms with E-state index in [4.69, 9.17) is 4.74 Å². The molecular weight excluding hydrogens is 262 g/mol. The van der Waals surface area contributed by atoms with Gasteiger partial charge in [0.1, 0.15) is 0 Å². The molecule has 0 amide bonds. The fraction of sp³-hybridized carbons (Fsp3) is 0.100. The number of aliphatic hydroxyl groups excluding tert-OH is 1. The molecule has 2 rings (SSSR count). The van der Waals surface area contributed by atoms with Crippen LogP contribution in [0.15, 0.2) is 34.6 Å². The van der Waals surface area contributed by atoms with Crippen LogP contribution in [-0.2, 0) is 9.53 Å². The first-order valence-electron chi connectivity index (χ1n) is 4.24. The van der Waals surface area contributed by atoms with Gasteiger partial charge in [0.25, 0.3) is 0 Å². The summed E-state index contributed by atoms with van der Waals surface area (Å²) in [6.07, 6.45) is -0.826. The van der Waals surface area contributed by atoms with Gasteiger partial charge in [-0.3, -0.25) is 0 Å². The summed E-state index contributed by atoms with van der Waals surface area (Å²) in [6.45, 7) is 0. The van der Waals surface area contributed by atoms with Crippen molar-refractivity contribution in [2.45, 2.75) is 6.10 Å². The van der Waals surface area contributed by atoms with Crippen molar-refractivity contribution < 1.29 is 19.0 Å². The molecule has 1 aliphatic heterocycles. The molecule has 1 aromatic carbocycles. The Hall–Kier alpha value is -1.28. The molecule has 0 radical (unpaired) electrons. The van der Waals surface area contributed by atoms with Crippen LogP contribution < -0.4 is 0 Å². The number of Topliss-reactive ketones (excluding diaryl/α,β-unsaturated/α-hetero) is 1. The molecule has 3 nitrogen and oxygen atoms in total. The van der Waals surface area contributed by atoms with Gasteiger partial charge in [-0.1, -0.05) is 0 Å². The number of halogens is 1. The van der Waals surface area contributed by atoms with Gasteiger partial charge in [0.2, 0.25) is 0 Å². The van der Waals surface area contributed by atoms with Crippen LogP contribution in [0.25, 0.3) is 0 Å². The average molecular weight is 270 g/mol. The monoisotopic (exact) mass is 270 g/mol. The van der Waals surface area contributed by atoms with Crippen molar-refractivity contribution in [1.29, 1.82) is 0 Å². The number of aliphatic hydroxyl groups is 1. The normalized spacial score (nSPS) is 20.7. The first kappa shape index (κ1) is 10.2. The summed E-state index contributed by atoms with van der Waals surface area (Å²) in [4.78, 5) is 11.5. The van der Waals surface area contributed by atoms with Crippen LogP contribution in [-0.4, -0.2) is 27.7 Å². The molecule has 0 bridgehead atoms. The zero-order chi connectivity index (χ0) is 11.0. The second-order valence-electron chi connectivity index (χ2n) is 3.13. The van der Waals surface area contributed by atoms with Gasteiger partial charge in [-0.15, -0.1) is 0 Å². The Balaban J connectivity index is 2.29. The van der Waals surface area contributed by atoms with Crippen LogP contribution >= 0.6 is 0 Å². The van der Waals surface area contributed by atoms with Gasteiger partial charge >= 0.3 is 93.7 Å². The van der Waals surface area contributed by atoms with Crippen LogP contribution in [0.1, 0.15) is 11.7 Å². The van der Waals surface area contributed by atoms with Crippen molar-refractivity contribution >= 4 is 22.6 Å². The van der Waals surface area contributed by atoms with Crippen LogP contribution in [0.4, 0.5) is 4.39 Å². The maximum absolute atomic E-state index is 12.6. The van der Waals surface area contributed by atoms with Crippen LogP contribution in [0.3, 0.4) is 0 Å². The second-order valence-corrected chi connectivity index (χ2v) is 4.23. The molecule has 2 unspecified atom stereocenters. The van der Waals surface area contributed by atoms with E-state index in [9.17, 15) is 14.3 Å².